The third kappa shape index (κ3) is 6.92. The standard InChI is InChI=1S/C25H19ClF3N3O4/c1-14-4-3-5-17(12-14)24(35)36-19-9-6-16(7-10-19)15(2)31-32-23(34)22(33)30-21-13-18(25(27,28)29)8-11-20(21)26/h3-13H,1-2H3,(H,30,33)(H,32,34). The number of alkyl halides is 3. The van der Waals surface area contributed by atoms with E-state index in [0.717, 1.165) is 17.7 Å². The molecule has 0 saturated carbocycles. The largest absolute Gasteiger partial charge is 0.423 e. The van der Waals surface area contributed by atoms with Crippen molar-refractivity contribution >= 4 is 40.8 Å². The molecule has 11 heteroatoms. The molecule has 2 amide bonds. The summed E-state index contributed by atoms with van der Waals surface area (Å²) in [5.41, 5.74) is 2.80. The molecule has 0 saturated heterocycles. The molecule has 3 rings (SSSR count). The summed E-state index contributed by atoms with van der Waals surface area (Å²) >= 11 is 5.82. The van der Waals surface area contributed by atoms with Crippen LogP contribution >= 0.6 is 11.6 Å². The number of amides is 2. The summed E-state index contributed by atoms with van der Waals surface area (Å²) in [7, 11) is 0. The summed E-state index contributed by atoms with van der Waals surface area (Å²) in [6.07, 6.45) is -4.65. The van der Waals surface area contributed by atoms with Crippen molar-refractivity contribution in [2.24, 2.45) is 5.10 Å². The molecule has 0 spiro atoms. The molecule has 0 unspecified atom stereocenters. The van der Waals surface area contributed by atoms with E-state index in [4.69, 9.17) is 16.3 Å². The van der Waals surface area contributed by atoms with E-state index >= 15 is 0 Å². The van der Waals surface area contributed by atoms with Crippen LogP contribution in [0.2, 0.25) is 5.02 Å². The maximum atomic E-state index is 12.9. The SMILES string of the molecule is CC(=NNC(=O)C(=O)Nc1cc(C(F)(F)F)ccc1Cl)c1ccc(OC(=O)c2cccc(C)c2)cc1. The Morgan fingerprint density at radius 3 is 2.25 bits per heavy atom. The van der Waals surface area contributed by atoms with Crippen LogP contribution in [0.4, 0.5) is 18.9 Å². The molecule has 2 N–H and O–H groups in total. The van der Waals surface area contributed by atoms with Gasteiger partial charge < -0.3 is 10.1 Å². The van der Waals surface area contributed by atoms with E-state index in [1.165, 1.54) is 12.1 Å². The van der Waals surface area contributed by atoms with Gasteiger partial charge in [0.05, 0.1) is 27.5 Å². The average molecular weight is 518 g/mol. The van der Waals surface area contributed by atoms with Gasteiger partial charge in [-0.15, -0.1) is 0 Å². The van der Waals surface area contributed by atoms with Crippen LogP contribution in [0.15, 0.2) is 71.8 Å². The smallest absolute Gasteiger partial charge is 0.416 e. The summed E-state index contributed by atoms with van der Waals surface area (Å²) in [6.45, 7) is 3.41. The van der Waals surface area contributed by atoms with Crippen LogP contribution in [0.1, 0.15) is 34.0 Å². The van der Waals surface area contributed by atoms with Crippen molar-refractivity contribution in [2.75, 3.05) is 5.32 Å². The molecule has 3 aromatic carbocycles. The first kappa shape index (κ1) is 26.4. The third-order valence-electron chi connectivity index (χ3n) is 4.81. The number of rotatable bonds is 5. The van der Waals surface area contributed by atoms with Crippen molar-refractivity contribution in [1.29, 1.82) is 0 Å². The fourth-order valence-electron chi connectivity index (χ4n) is 2.93. The van der Waals surface area contributed by atoms with Gasteiger partial charge in [-0.3, -0.25) is 9.59 Å². The molecule has 0 aliphatic heterocycles. The molecule has 0 bridgehead atoms. The molecule has 0 fully saturated rings. The van der Waals surface area contributed by atoms with E-state index in [1.807, 2.05) is 23.7 Å². The van der Waals surface area contributed by atoms with Gasteiger partial charge in [-0.25, -0.2) is 10.2 Å². The number of benzene rings is 3. The average Bonchev–Trinajstić information content (AvgIpc) is 2.83. The van der Waals surface area contributed by atoms with Gasteiger partial charge in [-0.2, -0.15) is 18.3 Å². The summed E-state index contributed by atoms with van der Waals surface area (Å²) in [4.78, 5) is 36.4. The van der Waals surface area contributed by atoms with E-state index in [1.54, 1.807) is 37.3 Å². The maximum absolute atomic E-state index is 12.9. The number of hydrazone groups is 1. The maximum Gasteiger partial charge on any atom is 0.416 e. The highest BCUT2D eigenvalue weighted by atomic mass is 35.5. The normalized spacial score (nSPS) is 11.6. The molecule has 0 radical (unpaired) electrons. The van der Waals surface area contributed by atoms with Crippen molar-refractivity contribution in [3.63, 3.8) is 0 Å². The number of nitrogens with zero attached hydrogens (tertiary/aromatic N) is 1. The number of anilines is 1. The number of esters is 1. The van der Waals surface area contributed by atoms with Crippen LogP contribution in [0, 0.1) is 6.92 Å². The van der Waals surface area contributed by atoms with E-state index in [9.17, 15) is 27.6 Å². The number of ether oxygens (including phenoxy) is 1. The van der Waals surface area contributed by atoms with Crippen molar-refractivity contribution < 1.29 is 32.3 Å². The summed E-state index contributed by atoms with van der Waals surface area (Å²) in [5, 5.41) is 5.67. The Kier molecular flexibility index (Phi) is 8.11. The molecule has 0 atom stereocenters. The van der Waals surface area contributed by atoms with Gasteiger partial charge in [0, 0.05) is 0 Å². The zero-order valence-electron chi connectivity index (χ0n) is 18.9. The van der Waals surface area contributed by atoms with Gasteiger partial charge in [0.1, 0.15) is 5.75 Å². The van der Waals surface area contributed by atoms with Gasteiger partial charge in [0.2, 0.25) is 0 Å². The Hall–Kier alpha value is -4.18. The first-order valence-electron chi connectivity index (χ1n) is 10.4. The van der Waals surface area contributed by atoms with Gasteiger partial charge in [-0.1, -0.05) is 29.3 Å². The molecule has 3 aromatic rings. The van der Waals surface area contributed by atoms with Crippen LogP contribution in [0.3, 0.4) is 0 Å². The molecular weight excluding hydrogens is 499 g/mol. The first-order valence-corrected chi connectivity index (χ1v) is 10.7. The predicted octanol–water partition coefficient (Wildman–Crippen LogP) is 5.37. The fraction of sp³-hybridized carbons (Fsp3) is 0.120. The number of nitrogens with one attached hydrogen (secondary N) is 2. The minimum absolute atomic E-state index is 0.174. The van der Waals surface area contributed by atoms with Crippen molar-refractivity contribution in [1.82, 2.24) is 5.43 Å². The van der Waals surface area contributed by atoms with Crippen LogP contribution in [0.5, 0.6) is 5.75 Å². The minimum atomic E-state index is -4.65. The fourth-order valence-corrected chi connectivity index (χ4v) is 3.09. The Balaban J connectivity index is 1.60. The molecule has 0 aromatic heterocycles. The van der Waals surface area contributed by atoms with Gasteiger partial charge in [0.25, 0.3) is 0 Å². The molecular formula is C25H19ClF3N3O4. The van der Waals surface area contributed by atoms with Gasteiger partial charge in [-0.05, 0) is 74.0 Å². The third-order valence-corrected chi connectivity index (χ3v) is 5.14. The number of carbonyl (C=O) groups is 3. The topological polar surface area (TPSA) is 96.9 Å². The number of aryl methyl sites for hydroxylation is 1. The van der Waals surface area contributed by atoms with E-state index in [0.29, 0.717) is 28.7 Å². The van der Waals surface area contributed by atoms with E-state index < -0.39 is 29.5 Å². The highest BCUT2D eigenvalue weighted by molar-refractivity contribution is 6.41. The van der Waals surface area contributed by atoms with Crippen LogP contribution in [-0.2, 0) is 15.8 Å². The second-order valence-corrected chi connectivity index (χ2v) is 7.98. The Morgan fingerprint density at radius 1 is 0.917 bits per heavy atom. The molecule has 36 heavy (non-hydrogen) atoms. The molecule has 186 valence electrons. The van der Waals surface area contributed by atoms with E-state index in [-0.39, 0.29) is 10.7 Å². The summed E-state index contributed by atoms with van der Waals surface area (Å²) in [6, 6.07) is 15.5. The molecule has 7 nitrogen and oxygen atoms in total. The molecule has 0 aliphatic carbocycles. The monoisotopic (exact) mass is 517 g/mol. The lowest BCUT2D eigenvalue weighted by Gasteiger charge is -2.11. The highest BCUT2D eigenvalue weighted by Gasteiger charge is 2.31. The Morgan fingerprint density at radius 2 is 1.61 bits per heavy atom. The second-order valence-electron chi connectivity index (χ2n) is 7.57. The van der Waals surface area contributed by atoms with Crippen LogP contribution < -0.4 is 15.5 Å². The Labute approximate surface area is 208 Å². The zero-order valence-corrected chi connectivity index (χ0v) is 19.7. The first-order chi connectivity index (χ1) is 16.9. The quantitative estimate of drug-likeness (QED) is 0.156. The summed E-state index contributed by atoms with van der Waals surface area (Å²) in [5.74, 6) is -2.70. The lowest BCUT2D eigenvalue weighted by Crippen LogP contribution is -2.33. The predicted molar refractivity (Wildman–Crippen MR) is 128 cm³/mol. The van der Waals surface area contributed by atoms with Crippen LogP contribution in [0.25, 0.3) is 0 Å². The van der Waals surface area contributed by atoms with Gasteiger partial charge in [0.15, 0.2) is 0 Å². The van der Waals surface area contributed by atoms with Gasteiger partial charge >= 0.3 is 24.0 Å². The molecule has 0 heterocycles. The van der Waals surface area contributed by atoms with E-state index in [2.05, 4.69) is 5.10 Å². The van der Waals surface area contributed by atoms with Crippen molar-refractivity contribution in [2.45, 2.75) is 20.0 Å². The molecule has 0 aliphatic rings. The highest BCUT2D eigenvalue weighted by Crippen LogP contribution is 2.33. The Bertz CT molecular complexity index is 1340. The number of hydrogen-bond acceptors (Lipinski definition) is 5. The number of carbonyl (C=O) groups excluding carboxylic acids is 3. The number of halogens is 4. The lowest BCUT2D eigenvalue weighted by atomic mass is 10.1. The van der Waals surface area contributed by atoms with Crippen molar-refractivity contribution in [3.05, 3.63) is 94.0 Å². The zero-order chi connectivity index (χ0) is 26.5. The number of hydrogen-bond donors (Lipinski definition) is 2. The summed E-state index contributed by atoms with van der Waals surface area (Å²) < 4.78 is 43.9. The van der Waals surface area contributed by atoms with Crippen molar-refractivity contribution in [3.8, 4) is 5.75 Å². The minimum Gasteiger partial charge on any atom is -0.423 e. The van der Waals surface area contributed by atoms with Crippen LogP contribution in [-0.4, -0.2) is 23.5 Å². The second kappa shape index (κ2) is 11.0. The lowest BCUT2D eigenvalue weighted by molar-refractivity contribution is -0.137.